The summed E-state index contributed by atoms with van der Waals surface area (Å²) in [7, 11) is 0. The zero-order chi connectivity index (χ0) is 21.0. The Bertz CT molecular complexity index is 893. The van der Waals surface area contributed by atoms with Crippen LogP contribution in [0.3, 0.4) is 0 Å². The summed E-state index contributed by atoms with van der Waals surface area (Å²) < 4.78 is 14.9. The van der Waals surface area contributed by atoms with Crippen LogP contribution >= 0.6 is 0 Å². The van der Waals surface area contributed by atoms with E-state index in [-0.39, 0.29) is 17.3 Å². The van der Waals surface area contributed by atoms with E-state index in [2.05, 4.69) is 29.1 Å². The number of carbonyl (C=O) groups is 1. The van der Waals surface area contributed by atoms with Crippen molar-refractivity contribution in [2.45, 2.75) is 20.3 Å². The van der Waals surface area contributed by atoms with Gasteiger partial charge in [0, 0.05) is 32.4 Å². The number of anilines is 1. The lowest BCUT2D eigenvalue weighted by Gasteiger charge is -2.37. The van der Waals surface area contributed by atoms with E-state index < -0.39 is 5.82 Å². The van der Waals surface area contributed by atoms with Crippen molar-refractivity contribution < 1.29 is 9.18 Å². The first-order valence-electron chi connectivity index (χ1n) is 9.58. The fourth-order valence-electron chi connectivity index (χ4n) is 3.53. The van der Waals surface area contributed by atoms with Gasteiger partial charge < -0.3 is 21.4 Å². The van der Waals surface area contributed by atoms with Crippen molar-refractivity contribution in [1.29, 1.82) is 0 Å². The number of benzene rings is 1. The van der Waals surface area contributed by atoms with Gasteiger partial charge in [-0.25, -0.2) is 4.39 Å². The number of halogens is 1. The number of aromatic nitrogens is 2. The van der Waals surface area contributed by atoms with Crippen molar-refractivity contribution in [1.82, 2.24) is 15.1 Å². The van der Waals surface area contributed by atoms with E-state index in [1.807, 2.05) is 11.0 Å². The monoisotopic (exact) mass is 399 g/mol. The van der Waals surface area contributed by atoms with Crippen LogP contribution in [0, 0.1) is 11.7 Å². The Morgan fingerprint density at radius 1 is 1.28 bits per heavy atom. The van der Waals surface area contributed by atoms with Gasteiger partial charge in [0.1, 0.15) is 5.82 Å². The molecule has 1 fully saturated rings. The predicted octanol–water partition coefficient (Wildman–Crippen LogP) is 1.36. The number of amides is 1. The van der Waals surface area contributed by atoms with Gasteiger partial charge in [-0.1, -0.05) is 13.8 Å². The van der Waals surface area contributed by atoms with Crippen molar-refractivity contribution in [2.75, 3.05) is 31.1 Å². The first-order valence-corrected chi connectivity index (χ1v) is 9.58. The lowest BCUT2D eigenvalue weighted by atomic mass is 9.98. The standard InChI is InChI=1S/C20H26FN7O/c1-13(2)10-14-11-15(21)18(19(22)25-23)17(12-14)27-6-8-28(9-7-27)20(29)16-4-3-5-24-26-16/h3-5,11-13H,6-10,23H2,1-2H3,(H2,22,25). The van der Waals surface area contributed by atoms with Crippen molar-refractivity contribution in [3.8, 4) is 0 Å². The molecule has 0 saturated carbocycles. The lowest BCUT2D eigenvalue weighted by molar-refractivity contribution is 0.0739. The van der Waals surface area contributed by atoms with Crippen LogP contribution in [0.25, 0.3) is 0 Å². The van der Waals surface area contributed by atoms with Crippen LogP contribution in [0.4, 0.5) is 10.1 Å². The molecule has 0 spiro atoms. The fourth-order valence-corrected chi connectivity index (χ4v) is 3.53. The number of piperazine rings is 1. The third-order valence-corrected chi connectivity index (χ3v) is 4.87. The lowest BCUT2D eigenvalue weighted by Crippen LogP contribution is -2.49. The van der Waals surface area contributed by atoms with Gasteiger partial charge in [-0.15, -0.1) is 5.10 Å². The number of hydrogen-bond acceptors (Lipinski definition) is 6. The van der Waals surface area contributed by atoms with Gasteiger partial charge in [-0.3, -0.25) is 4.79 Å². The first-order chi connectivity index (χ1) is 13.9. The third kappa shape index (κ3) is 4.61. The quantitative estimate of drug-likeness (QED) is 0.340. The Morgan fingerprint density at radius 2 is 2.00 bits per heavy atom. The number of hydrogen-bond donors (Lipinski definition) is 2. The molecule has 2 aromatic rings. The Hall–Kier alpha value is -3.23. The molecule has 2 heterocycles. The maximum atomic E-state index is 14.9. The summed E-state index contributed by atoms with van der Waals surface area (Å²) in [6, 6.07) is 6.75. The van der Waals surface area contributed by atoms with Crippen LogP contribution in [0.5, 0.6) is 0 Å². The van der Waals surface area contributed by atoms with E-state index in [9.17, 15) is 9.18 Å². The Kier molecular flexibility index (Phi) is 6.26. The largest absolute Gasteiger partial charge is 0.382 e. The highest BCUT2D eigenvalue weighted by molar-refractivity contribution is 6.03. The Labute approximate surface area is 169 Å². The normalized spacial score (nSPS) is 15.1. The molecule has 0 aliphatic carbocycles. The zero-order valence-electron chi connectivity index (χ0n) is 16.7. The fraction of sp³-hybridized carbons (Fsp3) is 0.400. The highest BCUT2D eigenvalue weighted by Gasteiger charge is 2.26. The molecule has 0 atom stereocenters. The third-order valence-electron chi connectivity index (χ3n) is 4.87. The molecule has 0 unspecified atom stereocenters. The summed E-state index contributed by atoms with van der Waals surface area (Å²) in [5, 5.41) is 11.1. The second kappa shape index (κ2) is 8.85. The molecular weight excluding hydrogens is 373 g/mol. The van der Waals surface area contributed by atoms with Crippen LogP contribution in [-0.4, -0.2) is 53.0 Å². The molecule has 1 aromatic heterocycles. The summed E-state index contributed by atoms with van der Waals surface area (Å²) >= 11 is 0. The number of carbonyl (C=O) groups excluding carboxylic acids is 1. The molecule has 0 radical (unpaired) electrons. The Balaban J connectivity index is 1.83. The predicted molar refractivity (Wildman–Crippen MR) is 110 cm³/mol. The van der Waals surface area contributed by atoms with Crippen molar-refractivity contribution >= 4 is 17.4 Å². The average molecular weight is 399 g/mol. The molecule has 3 rings (SSSR count). The summed E-state index contributed by atoms with van der Waals surface area (Å²) in [5.41, 5.74) is 7.94. The average Bonchev–Trinajstić information content (AvgIpc) is 2.72. The van der Waals surface area contributed by atoms with E-state index in [0.29, 0.717) is 43.5 Å². The molecule has 0 bridgehead atoms. The molecule has 1 aliphatic heterocycles. The number of nitrogens with zero attached hydrogens (tertiary/aromatic N) is 5. The molecule has 154 valence electrons. The maximum Gasteiger partial charge on any atom is 0.274 e. The second-order valence-corrected chi connectivity index (χ2v) is 7.47. The molecule has 1 saturated heterocycles. The van der Waals surface area contributed by atoms with Crippen molar-refractivity contribution in [3.05, 3.63) is 53.1 Å². The zero-order valence-corrected chi connectivity index (χ0v) is 16.7. The smallest absolute Gasteiger partial charge is 0.274 e. The summed E-state index contributed by atoms with van der Waals surface area (Å²) in [4.78, 5) is 16.3. The maximum absolute atomic E-state index is 14.9. The molecule has 1 aliphatic rings. The van der Waals surface area contributed by atoms with E-state index in [4.69, 9.17) is 11.6 Å². The van der Waals surface area contributed by atoms with E-state index >= 15 is 0 Å². The van der Waals surface area contributed by atoms with E-state index in [1.54, 1.807) is 17.0 Å². The van der Waals surface area contributed by atoms with E-state index in [0.717, 1.165) is 12.0 Å². The molecule has 9 heteroatoms. The Morgan fingerprint density at radius 3 is 2.59 bits per heavy atom. The number of hydrazone groups is 1. The van der Waals surface area contributed by atoms with Gasteiger partial charge in [0.25, 0.3) is 5.91 Å². The SMILES string of the molecule is CC(C)Cc1cc(F)c(/C(N)=N/N)c(N2CCN(C(=O)c3cccnn3)CC2)c1. The first kappa shape index (κ1) is 20.5. The van der Waals surface area contributed by atoms with Crippen LogP contribution in [-0.2, 0) is 6.42 Å². The van der Waals surface area contributed by atoms with Crippen LogP contribution in [0.2, 0.25) is 0 Å². The van der Waals surface area contributed by atoms with Gasteiger partial charge in [0.05, 0.1) is 11.3 Å². The van der Waals surface area contributed by atoms with Crippen molar-refractivity contribution in [2.24, 2.45) is 22.6 Å². The number of amidine groups is 1. The minimum Gasteiger partial charge on any atom is -0.382 e. The van der Waals surface area contributed by atoms with Crippen LogP contribution in [0.1, 0.15) is 35.5 Å². The van der Waals surface area contributed by atoms with Gasteiger partial charge in [-0.2, -0.15) is 10.2 Å². The summed E-state index contributed by atoms with van der Waals surface area (Å²) in [6.07, 6.45) is 2.27. The molecule has 1 amide bonds. The van der Waals surface area contributed by atoms with Gasteiger partial charge in [0.2, 0.25) is 0 Å². The van der Waals surface area contributed by atoms with Crippen LogP contribution in [0.15, 0.2) is 35.6 Å². The van der Waals surface area contributed by atoms with Crippen LogP contribution < -0.4 is 16.5 Å². The van der Waals surface area contributed by atoms with E-state index in [1.165, 1.54) is 12.3 Å². The topological polar surface area (TPSA) is 114 Å². The highest BCUT2D eigenvalue weighted by atomic mass is 19.1. The van der Waals surface area contributed by atoms with Gasteiger partial charge >= 0.3 is 0 Å². The molecular formula is C20H26FN7O. The summed E-state index contributed by atoms with van der Waals surface area (Å²) in [6.45, 7) is 6.17. The molecule has 29 heavy (non-hydrogen) atoms. The number of nitrogens with two attached hydrogens (primary N) is 2. The van der Waals surface area contributed by atoms with Crippen molar-refractivity contribution in [3.63, 3.8) is 0 Å². The molecule has 4 N–H and O–H groups in total. The second-order valence-electron chi connectivity index (χ2n) is 7.47. The minimum absolute atomic E-state index is 0.0494. The highest BCUT2D eigenvalue weighted by Crippen LogP contribution is 2.28. The minimum atomic E-state index is -0.442. The van der Waals surface area contributed by atoms with Gasteiger partial charge in [0.15, 0.2) is 11.5 Å². The summed E-state index contributed by atoms with van der Waals surface area (Å²) in [5.74, 6) is 5.06. The molecule has 1 aromatic carbocycles. The van der Waals surface area contributed by atoms with Gasteiger partial charge in [-0.05, 0) is 42.2 Å². The number of rotatable bonds is 5. The molecule has 8 nitrogen and oxygen atoms in total.